The Morgan fingerprint density at radius 2 is 2.11 bits per heavy atom. The summed E-state index contributed by atoms with van der Waals surface area (Å²) >= 11 is 0. The molecule has 0 amide bonds. The van der Waals surface area contributed by atoms with Crippen molar-refractivity contribution in [3.63, 3.8) is 0 Å². The standard InChI is InChI=1S/C16H27N3/c1-13(11-19-10-9-18-14(2)12-19)16(17-3)15-7-5-4-6-8-15/h4-8,13-14,16-18H,9-12H2,1-3H3/t13-,14+,16+/m0/s1. The van der Waals surface area contributed by atoms with Gasteiger partial charge < -0.3 is 15.5 Å². The lowest BCUT2D eigenvalue weighted by Gasteiger charge is -2.35. The highest BCUT2D eigenvalue weighted by atomic mass is 15.2. The fourth-order valence-electron chi connectivity index (χ4n) is 3.13. The van der Waals surface area contributed by atoms with Crippen molar-refractivity contribution in [1.29, 1.82) is 0 Å². The SMILES string of the molecule is CN[C@@H](c1ccccc1)[C@@H](C)CN1CCN[C@H](C)C1. The van der Waals surface area contributed by atoms with Crippen molar-refractivity contribution >= 4 is 0 Å². The molecule has 1 aromatic carbocycles. The van der Waals surface area contributed by atoms with Crippen LogP contribution in [0.2, 0.25) is 0 Å². The number of piperazine rings is 1. The Labute approximate surface area is 117 Å². The van der Waals surface area contributed by atoms with Crippen LogP contribution >= 0.6 is 0 Å². The van der Waals surface area contributed by atoms with Gasteiger partial charge in [-0.25, -0.2) is 0 Å². The molecule has 0 saturated carbocycles. The van der Waals surface area contributed by atoms with Crippen molar-refractivity contribution < 1.29 is 0 Å². The molecule has 0 radical (unpaired) electrons. The largest absolute Gasteiger partial charge is 0.313 e. The molecule has 1 heterocycles. The smallest absolute Gasteiger partial charge is 0.0355 e. The zero-order valence-electron chi connectivity index (χ0n) is 12.4. The fourth-order valence-corrected chi connectivity index (χ4v) is 3.13. The second-order valence-electron chi connectivity index (χ2n) is 5.77. The second kappa shape index (κ2) is 7.04. The first kappa shape index (κ1) is 14.5. The minimum atomic E-state index is 0.436. The van der Waals surface area contributed by atoms with Crippen molar-refractivity contribution in [2.75, 3.05) is 33.2 Å². The zero-order chi connectivity index (χ0) is 13.7. The molecule has 2 N–H and O–H groups in total. The highest BCUT2D eigenvalue weighted by Gasteiger charge is 2.22. The van der Waals surface area contributed by atoms with Gasteiger partial charge in [0.25, 0.3) is 0 Å². The van der Waals surface area contributed by atoms with Crippen LogP contribution in [0.3, 0.4) is 0 Å². The summed E-state index contributed by atoms with van der Waals surface area (Å²) in [6.45, 7) is 9.22. The molecule has 0 spiro atoms. The Balaban J connectivity index is 1.95. The van der Waals surface area contributed by atoms with E-state index in [0.29, 0.717) is 18.0 Å². The van der Waals surface area contributed by atoms with Crippen LogP contribution in [-0.4, -0.2) is 44.2 Å². The maximum absolute atomic E-state index is 3.50. The molecule has 2 rings (SSSR count). The first-order valence-electron chi connectivity index (χ1n) is 7.38. The second-order valence-corrected chi connectivity index (χ2v) is 5.77. The van der Waals surface area contributed by atoms with E-state index in [4.69, 9.17) is 0 Å². The molecule has 106 valence electrons. The molecular weight excluding hydrogens is 234 g/mol. The summed E-state index contributed by atoms with van der Waals surface area (Å²) in [6, 6.07) is 11.8. The number of hydrogen-bond acceptors (Lipinski definition) is 3. The normalized spacial score (nSPS) is 24.1. The average molecular weight is 261 g/mol. The van der Waals surface area contributed by atoms with Gasteiger partial charge >= 0.3 is 0 Å². The van der Waals surface area contributed by atoms with Crippen molar-refractivity contribution in [1.82, 2.24) is 15.5 Å². The predicted octanol–water partition coefficient (Wildman–Crippen LogP) is 1.88. The summed E-state index contributed by atoms with van der Waals surface area (Å²) in [5.74, 6) is 0.609. The summed E-state index contributed by atoms with van der Waals surface area (Å²) in [6.07, 6.45) is 0. The van der Waals surface area contributed by atoms with Gasteiger partial charge in [0.15, 0.2) is 0 Å². The Hall–Kier alpha value is -0.900. The summed E-state index contributed by atoms with van der Waals surface area (Å²) < 4.78 is 0. The van der Waals surface area contributed by atoms with Crippen LogP contribution < -0.4 is 10.6 Å². The van der Waals surface area contributed by atoms with Crippen molar-refractivity contribution in [2.45, 2.75) is 25.9 Å². The lowest BCUT2D eigenvalue weighted by Crippen LogP contribution is -2.50. The van der Waals surface area contributed by atoms with Crippen LogP contribution in [0.15, 0.2) is 30.3 Å². The maximum Gasteiger partial charge on any atom is 0.0355 e. The van der Waals surface area contributed by atoms with Gasteiger partial charge in [-0.1, -0.05) is 37.3 Å². The lowest BCUT2D eigenvalue weighted by atomic mass is 9.94. The van der Waals surface area contributed by atoms with Gasteiger partial charge in [-0.3, -0.25) is 0 Å². The number of benzene rings is 1. The van der Waals surface area contributed by atoms with Gasteiger partial charge in [0.05, 0.1) is 0 Å². The number of nitrogens with zero attached hydrogens (tertiary/aromatic N) is 1. The minimum Gasteiger partial charge on any atom is -0.313 e. The van der Waals surface area contributed by atoms with E-state index in [1.165, 1.54) is 12.1 Å². The molecule has 0 aromatic heterocycles. The third kappa shape index (κ3) is 4.03. The predicted molar refractivity (Wildman–Crippen MR) is 81.3 cm³/mol. The maximum atomic E-state index is 3.50. The van der Waals surface area contributed by atoms with Crippen LogP contribution in [0.25, 0.3) is 0 Å². The molecule has 1 aliphatic heterocycles. The highest BCUT2D eigenvalue weighted by molar-refractivity contribution is 5.19. The van der Waals surface area contributed by atoms with E-state index in [2.05, 4.69) is 66.8 Å². The van der Waals surface area contributed by atoms with Gasteiger partial charge in [0.2, 0.25) is 0 Å². The molecule has 3 nitrogen and oxygen atoms in total. The van der Waals surface area contributed by atoms with Crippen LogP contribution in [0.4, 0.5) is 0 Å². The molecule has 19 heavy (non-hydrogen) atoms. The van der Waals surface area contributed by atoms with Gasteiger partial charge in [0, 0.05) is 38.3 Å². The van der Waals surface area contributed by atoms with E-state index >= 15 is 0 Å². The number of nitrogens with one attached hydrogen (secondary N) is 2. The zero-order valence-corrected chi connectivity index (χ0v) is 12.4. The number of hydrogen-bond donors (Lipinski definition) is 2. The van der Waals surface area contributed by atoms with Crippen molar-refractivity contribution in [3.8, 4) is 0 Å². The molecule has 1 aliphatic rings. The van der Waals surface area contributed by atoms with Crippen LogP contribution in [0.5, 0.6) is 0 Å². The van der Waals surface area contributed by atoms with E-state index in [-0.39, 0.29) is 0 Å². The molecule has 0 aliphatic carbocycles. The summed E-state index contributed by atoms with van der Waals surface area (Å²) in [5, 5.41) is 6.98. The molecular formula is C16H27N3. The van der Waals surface area contributed by atoms with E-state index < -0.39 is 0 Å². The Morgan fingerprint density at radius 1 is 1.37 bits per heavy atom. The topological polar surface area (TPSA) is 27.3 Å². The van der Waals surface area contributed by atoms with E-state index in [0.717, 1.165) is 19.6 Å². The van der Waals surface area contributed by atoms with Crippen molar-refractivity contribution in [3.05, 3.63) is 35.9 Å². The molecule has 0 bridgehead atoms. The first-order chi connectivity index (χ1) is 9.20. The van der Waals surface area contributed by atoms with E-state index in [9.17, 15) is 0 Å². The van der Waals surface area contributed by atoms with Gasteiger partial charge in [0.1, 0.15) is 0 Å². The Kier molecular flexibility index (Phi) is 5.37. The summed E-state index contributed by atoms with van der Waals surface area (Å²) in [7, 11) is 2.06. The third-order valence-electron chi connectivity index (χ3n) is 4.04. The number of rotatable bonds is 5. The quantitative estimate of drug-likeness (QED) is 0.847. The summed E-state index contributed by atoms with van der Waals surface area (Å²) in [5.41, 5.74) is 1.39. The van der Waals surface area contributed by atoms with Gasteiger partial charge in [-0.15, -0.1) is 0 Å². The van der Waals surface area contributed by atoms with E-state index in [1.54, 1.807) is 0 Å². The molecule has 1 saturated heterocycles. The van der Waals surface area contributed by atoms with E-state index in [1.807, 2.05) is 0 Å². The average Bonchev–Trinajstić information content (AvgIpc) is 2.41. The van der Waals surface area contributed by atoms with Crippen LogP contribution in [-0.2, 0) is 0 Å². The Morgan fingerprint density at radius 3 is 2.74 bits per heavy atom. The highest BCUT2D eigenvalue weighted by Crippen LogP contribution is 2.22. The first-order valence-corrected chi connectivity index (χ1v) is 7.38. The third-order valence-corrected chi connectivity index (χ3v) is 4.04. The van der Waals surface area contributed by atoms with Gasteiger partial charge in [-0.05, 0) is 25.5 Å². The monoisotopic (exact) mass is 261 g/mol. The molecule has 0 unspecified atom stereocenters. The van der Waals surface area contributed by atoms with Crippen molar-refractivity contribution in [2.24, 2.45) is 5.92 Å². The molecule has 3 heteroatoms. The summed E-state index contributed by atoms with van der Waals surface area (Å²) in [4.78, 5) is 2.58. The fraction of sp³-hybridized carbons (Fsp3) is 0.625. The Bertz CT molecular complexity index is 366. The molecule has 3 atom stereocenters. The lowest BCUT2D eigenvalue weighted by molar-refractivity contribution is 0.169. The molecule has 1 aromatic rings. The molecule has 1 fully saturated rings. The van der Waals surface area contributed by atoms with Crippen LogP contribution in [0, 0.1) is 5.92 Å². The minimum absolute atomic E-state index is 0.436. The van der Waals surface area contributed by atoms with Crippen LogP contribution in [0.1, 0.15) is 25.5 Å². The van der Waals surface area contributed by atoms with Gasteiger partial charge in [-0.2, -0.15) is 0 Å².